The summed E-state index contributed by atoms with van der Waals surface area (Å²) < 4.78 is 43.0. The number of piperidine rings is 1. The third-order valence-electron chi connectivity index (χ3n) is 5.05. The first kappa shape index (κ1) is 20.0. The Hall–Kier alpha value is -2.70. The van der Waals surface area contributed by atoms with E-state index in [1.54, 1.807) is 48.4 Å². The number of nitrogens with one attached hydrogen (secondary N) is 1. The maximum atomic E-state index is 12.6. The normalized spacial score (nSPS) is 15.4. The zero-order chi connectivity index (χ0) is 20.1. The number of alkyl halides is 3. The molecule has 0 bridgehead atoms. The monoisotopic (exact) mass is 392 g/mol. The fraction of sp³-hybridized carbons (Fsp3) is 0.381. The van der Waals surface area contributed by atoms with Crippen molar-refractivity contribution in [3.8, 4) is 5.75 Å². The second-order valence-corrected chi connectivity index (χ2v) is 6.99. The number of benzene rings is 2. The van der Waals surface area contributed by atoms with Crippen LogP contribution in [-0.4, -0.2) is 31.1 Å². The number of hydrogen-bond acceptors (Lipinski definition) is 2. The van der Waals surface area contributed by atoms with E-state index in [0.29, 0.717) is 24.7 Å². The number of urea groups is 1. The summed E-state index contributed by atoms with van der Waals surface area (Å²) in [6, 6.07) is 12.4. The number of carbonyl (C=O) groups excluding carboxylic acids is 1. The molecule has 1 fully saturated rings. The molecule has 1 aliphatic rings. The molecule has 150 valence electrons. The number of amides is 2. The van der Waals surface area contributed by atoms with Crippen LogP contribution >= 0.6 is 0 Å². The zero-order valence-electron chi connectivity index (χ0n) is 15.6. The molecular formula is C21H23F3N2O2. The summed E-state index contributed by atoms with van der Waals surface area (Å²) in [4.78, 5) is 14.2. The molecule has 1 N–H and O–H groups in total. The maximum Gasteiger partial charge on any atom is 0.416 e. The summed E-state index contributed by atoms with van der Waals surface area (Å²) in [6.07, 6.45) is -1.92. The van der Waals surface area contributed by atoms with Gasteiger partial charge in [-0.3, -0.25) is 0 Å². The van der Waals surface area contributed by atoms with E-state index in [4.69, 9.17) is 4.74 Å². The Morgan fingerprint density at radius 2 is 1.68 bits per heavy atom. The molecule has 1 heterocycles. The highest BCUT2D eigenvalue weighted by Crippen LogP contribution is 2.30. The maximum absolute atomic E-state index is 12.6. The highest BCUT2D eigenvalue weighted by molar-refractivity contribution is 5.89. The molecule has 0 radical (unpaired) electrons. The minimum atomic E-state index is -4.30. The average molecular weight is 392 g/mol. The lowest BCUT2D eigenvalue weighted by Gasteiger charge is -2.32. The van der Waals surface area contributed by atoms with Gasteiger partial charge in [-0.15, -0.1) is 0 Å². The average Bonchev–Trinajstić information content (AvgIpc) is 2.69. The van der Waals surface area contributed by atoms with Crippen LogP contribution in [0.2, 0.25) is 0 Å². The van der Waals surface area contributed by atoms with E-state index in [1.165, 1.54) is 0 Å². The number of anilines is 1. The van der Waals surface area contributed by atoms with Crippen molar-refractivity contribution < 1.29 is 22.7 Å². The van der Waals surface area contributed by atoms with Crippen molar-refractivity contribution in [2.45, 2.75) is 25.4 Å². The van der Waals surface area contributed by atoms with Crippen LogP contribution in [-0.2, 0) is 12.6 Å². The molecule has 3 rings (SSSR count). The van der Waals surface area contributed by atoms with Crippen LogP contribution < -0.4 is 10.1 Å². The van der Waals surface area contributed by atoms with E-state index in [2.05, 4.69) is 5.32 Å². The molecule has 7 heteroatoms. The Labute approximate surface area is 162 Å². The highest BCUT2D eigenvalue weighted by Gasteiger charge is 2.30. The van der Waals surface area contributed by atoms with Gasteiger partial charge in [0.05, 0.1) is 12.7 Å². The van der Waals surface area contributed by atoms with Gasteiger partial charge < -0.3 is 15.0 Å². The minimum absolute atomic E-state index is 0.141. The standard InChI is InChI=1S/C21H23F3N2O2/c1-28-19-8-6-18(7-9-19)25-20(27)26-12-10-16(11-13-26)14-15-2-4-17(5-3-15)21(22,23)24/h2-9,16H,10-14H2,1H3,(H,25,27). The number of methoxy groups -OCH3 is 1. The Balaban J connectivity index is 1.47. The van der Waals surface area contributed by atoms with Crippen molar-refractivity contribution in [1.29, 1.82) is 0 Å². The van der Waals surface area contributed by atoms with Crippen molar-refractivity contribution in [1.82, 2.24) is 4.90 Å². The van der Waals surface area contributed by atoms with Gasteiger partial charge in [-0.25, -0.2) is 4.79 Å². The highest BCUT2D eigenvalue weighted by atomic mass is 19.4. The minimum Gasteiger partial charge on any atom is -0.497 e. The Morgan fingerprint density at radius 1 is 1.07 bits per heavy atom. The number of hydrogen-bond donors (Lipinski definition) is 1. The first-order chi connectivity index (χ1) is 13.3. The molecule has 0 atom stereocenters. The predicted molar refractivity (Wildman–Crippen MR) is 101 cm³/mol. The predicted octanol–water partition coefficient (Wildman–Crippen LogP) is 5.20. The summed E-state index contributed by atoms with van der Waals surface area (Å²) in [6.45, 7) is 1.26. The molecular weight excluding hydrogens is 369 g/mol. The second kappa shape index (κ2) is 8.54. The number of likely N-dealkylation sites (tertiary alicyclic amines) is 1. The van der Waals surface area contributed by atoms with Gasteiger partial charge in [0, 0.05) is 18.8 Å². The number of ether oxygens (including phenoxy) is 1. The van der Waals surface area contributed by atoms with Crippen molar-refractivity contribution >= 4 is 11.7 Å². The summed E-state index contributed by atoms with van der Waals surface area (Å²) in [5.41, 5.74) is 0.980. The van der Waals surface area contributed by atoms with Crippen LogP contribution in [0.1, 0.15) is 24.0 Å². The molecule has 2 aromatic carbocycles. The quantitative estimate of drug-likeness (QED) is 0.777. The van der Waals surface area contributed by atoms with Gasteiger partial charge in [0.1, 0.15) is 5.75 Å². The molecule has 0 aliphatic carbocycles. The molecule has 1 aliphatic heterocycles. The zero-order valence-corrected chi connectivity index (χ0v) is 15.6. The van der Waals surface area contributed by atoms with Crippen LogP contribution in [0.15, 0.2) is 48.5 Å². The molecule has 0 unspecified atom stereocenters. The van der Waals surface area contributed by atoms with Crippen LogP contribution in [0, 0.1) is 5.92 Å². The van der Waals surface area contributed by atoms with Crippen LogP contribution in [0.5, 0.6) is 5.75 Å². The first-order valence-electron chi connectivity index (χ1n) is 9.21. The molecule has 0 aromatic heterocycles. The van der Waals surface area contributed by atoms with Gasteiger partial charge in [-0.1, -0.05) is 12.1 Å². The summed E-state index contributed by atoms with van der Waals surface area (Å²) in [5, 5.41) is 2.87. The number of halogens is 3. The third kappa shape index (κ3) is 5.18. The number of rotatable bonds is 4. The topological polar surface area (TPSA) is 41.6 Å². The van der Waals surface area contributed by atoms with Crippen molar-refractivity contribution in [2.24, 2.45) is 5.92 Å². The van der Waals surface area contributed by atoms with Gasteiger partial charge in [-0.05, 0) is 67.1 Å². The lowest BCUT2D eigenvalue weighted by Crippen LogP contribution is -2.41. The number of carbonyl (C=O) groups is 1. The van der Waals surface area contributed by atoms with E-state index in [-0.39, 0.29) is 6.03 Å². The van der Waals surface area contributed by atoms with E-state index < -0.39 is 11.7 Å². The van der Waals surface area contributed by atoms with Crippen LogP contribution in [0.3, 0.4) is 0 Å². The van der Waals surface area contributed by atoms with Crippen LogP contribution in [0.4, 0.5) is 23.7 Å². The largest absolute Gasteiger partial charge is 0.497 e. The molecule has 28 heavy (non-hydrogen) atoms. The SMILES string of the molecule is COc1ccc(NC(=O)N2CCC(Cc3ccc(C(F)(F)F)cc3)CC2)cc1. The molecule has 2 aromatic rings. The molecule has 2 amide bonds. The Bertz CT molecular complexity index is 781. The lowest BCUT2D eigenvalue weighted by atomic mass is 9.90. The van der Waals surface area contributed by atoms with Crippen molar-refractivity contribution in [2.75, 3.05) is 25.5 Å². The van der Waals surface area contributed by atoms with Gasteiger partial charge in [-0.2, -0.15) is 13.2 Å². The molecule has 0 spiro atoms. The third-order valence-corrected chi connectivity index (χ3v) is 5.05. The first-order valence-corrected chi connectivity index (χ1v) is 9.21. The summed E-state index contributed by atoms with van der Waals surface area (Å²) in [5.74, 6) is 1.09. The van der Waals surface area contributed by atoms with Crippen molar-refractivity contribution in [3.05, 3.63) is 59.7 Å². The fourth-order valence-corrected chi connectivity index (χ4v) is 3.38. The summed E-state index contributed by atoms with van der Waals surface area (Å²) in [7, 11) is 1.59. The van der Waals surface area contributed by atoms with E-state index >= 15 is 0 Å². The Kier molecular flexibility index (Phi) is 6.11. The van der Waals surface area contributed by atoms with Crippen molar-refractivity contribution in [3.63, 3.8) is 0 Å². The second-order valence-electron chi connectivity index (χ2n) is 6.99. The van der Waals surface area contributed by atoms with Crippen LogP contribution in [0.25, 0.3) is 0 Å². The van der Waals surface area contributed by atoms with Gasteiger partial charge in [0.2, 0.25) is 0 Å². The Morgan fingerprint density at radius 3 is 2.21 bits per heavy atom. The van der Waals surface area contributed by atoms with Gasteiger partial charge >= 0.3 is 12.2 Å². The fourth-order valence-electron chi connectivity index (χ4n) is 3.38. The smallest absolute Gasteiger partial charge is 0.416 e. The van der Waals surface area contributed by atoms with E-state index in [1.807, 2.05) is 0 Å². The van der Waals surface area contributed by atoms with E-state index in [9.17, 15) is 18.0 Å². The van der Waals surface area contributed by atoms with Gasteiger partial charge in [0.15, 0.2) is 0 Å². The number of nitrogens with zero attached hydrogens (tertiary/aromatic N) is 1. The molecule has 4 nitrogen and oxygen atoms in total. The van der Waals surface area contributed by atoms with E-state index in [0.717, 1.165) is 42.7 Å². The summed E-state index contributed by atoms with van der Waals surface area (Å²) >= 11 is 0. The lowest BCUT2D eigenvalue weighted by molar-refractivity contribution is -0.137. The molecule has 1 saturated heterocycles. The molecule has 0 saturated carbocycles. The van der Waals surface area contributed by atoms with Gasteiger partial charge in [0.25, 0.3) is 0 Å².